The van der Waals surface area contributed by atoms with Crippen molar-refractivity contribution in [1.82, 2.24) is 10.3 Å². The molecule has 1 aromatic heterocycles. The molecule has 5 heteroatoms. The molecule has 166 valence electrons. The Morgan fingerprint density at radius 3 is 2.45 bits per heavy atom. The van der Waals surface area contributed by atoms with E-state index >= 15 is 0 Å². The van der Waals surface area contributed by atoms with Gasteiger partial charge in [-0.2, -0.15) is 0 Å². The van der Waals surface area contributed by atoms with E-state index in [1.165, 1.54) is 30.5 Å². The summed E-state index contributed by atoms with van der Waals surface area (Å²) in [7, 11) is 0. The third-order valence-electron chi connectivity index (χ3n) is 5.81. The molecule has 1 saturated heterocycles. The SMILES string of the molecule is CC.CCc1c(C(=O)NCCc2ccc(N3CCCCC3)cc2)[nH]c2ccc(Cl)cc12. The van der Waals surface area contributed by atoms with Crippen LogP contribution in [0.3, 0.4) is 0 Å². The topological polar surface area (TPSA) is 48.1 Å². The second-order valence-electron chi connectivity index (χ2n) is 7.74. The molecule has 0 spiro atoms. The van der Waals surface area contributed by atoms with Crippen LogP contribution in [-0.4, -0.2) is 30.5 Å². The van der Waals surface area contributed by atoms with Crippen molar-refractivity contribution in [1.29, 1.82) is 0 Å². The van der Waals surface area contributed by atoms with Gasteiger partial charge in [0.1, 0.15) is 5.69 Å². The number of amides is 1. The molecule has 0 saturated carbocycles. The number of halogens is 1. The van der Waals surface area contributed by atoms with Crippen LogP contribution in [0.5, 0.6) is 0 Å². The second-order valence-corrected chi connectivity index (χ2v) is 8.18. The van der Waals surface area contributed by atoms with Crippen LogP contribution >= 0.6 is 11.6 Å². The number of hydrogen-bond acceptors (Lipinski definition) is 2. The molecular formula is C26H34ClN3O. The first-order chi connectivity index (χ1) is 15.2. The van der Waals surface area contributed by atoms with Crippen LogP contribution in [0.2, 0.25) is 5.02 Å². The normalized spacial score (nSPS) is 13.6. The van der Waals surface area contributed by atoms with E-state index < -0.39 is 0 Å². The largest absolute Gasteiger partial charge is 0.372 e. The Hall–Kier alpha value is -2.46. The second kappa shape index (κ2) is 11.2. The smallest absolute Gasteiger partial charge is 0.268 e. The number of benzene rings is 2. The third-order valence-corrected chi connectivity index (χ3v) is 6.04. The van der Waals surface area contributed by atoms with Crippen LogP contribution in [-0.2, 0) is 12.8 Å². The van der Waals surface area contributed by atoms with Crippen molar-refractivity contribution in [2.45, 2.75) is 52.9 Å². The number of aromatic amines is 1. The Kier molecular flexibility index (Phi) is 8.42. The van der Waals surface area contributed by atoms with Gasteiger partial charge in [-0.3, -0.25) is 4.79 Å². The van der Waals surface area contributed by atoms with E-state index in [0.717, 1.165) is 42.4 Å². The molecule has 1 aliphatic heterocycles. The zero-order chi connectivity index (χ0) is 22.2. The van der Waals surface area contributed by atoms with Gasteiger partial charge in [-0.05, 0) is 73.6 Å². The van der Waals surface area contributed by atoms with Gasteiger partial charge in [0.05, 0.1) is 0 Å². The van der Waals surface area contributed by atoms with Gasteiger partial charge in [-0.25, -0.2) is 0 Å². The predicted octanol–water partition coefficient (Wildman–Crippen LogP) is 6.37. The van der Waals surface area contributed by atoms with Crippen LogP contribution in [0.15, 0.2) is 42.5 Å². The average Bonchev–Trinajstić information content (AvgIpc) is 3.19. The summed E-state index contributed by atoms with van der Waals surface area (Å²) in [6.45, 7) is 8.99. The van der Waals surface area contributed by atoms with E-state index in [1.807, 2.05) is 32.0 Å². The first-order valence-electron chi connectivity index (χ1n) is 11.6. The maximum Gasteiger partial charge on any atom is 0.268 e. The number of aryl methyl sites for hydroxylation is 1. The number of carbonyl (C=O) groups excluding carboxylic acids is 1. The van der Waals surface area contributed by atoms with Crippen molar-refractivity contribution in [3.63, 3.8) is 0 Å². The number of carbonyl (C=O) groups is 1. The molecule has 4 rings (SSSR count). The lowest BCUT2D eigenvalue weighted by atomic mass is 10.1. The molecule has 1 aliphatic rings. The molecule has 2 heterocycles. The summed E-state index contributed by atoms with van der Waals surface area (Å²) in [4.78, 5) is 18.5. The van der Waals surface area contributed by atoms with Crippen molar-refractivity contribution >= 4 is 34.1 Å². The zero-order valence-corrected chi connectivity index (χ0v) is 19.7. The van der Waals surface area contributed by atoms with Crippen LogP contribution in [0.1, 0.15) is 61.6 Å². The Morgan fingerprint density at radius 2 is 1.77 bits per heavy atom. The number of nitrogens with zero attached hydrogens (tertiary/aromatic N) is 1. The van der Waals surface area contributed by atoms with Gasteiger partial charge in [-0.15, -0.1) is 0 Å². The van der Waals surface area contributed by atoms with Gasteiger partial charge < -0.3 is 15.2 Å². The molecule has 0 aliphatic carbocycles. The quantitative estimate of drug-likeness (QED) is 0.468. The predicted molar refractivity (Wildman–Crippen MR) is 133 cm³/mol. The summed E-state index contributed by atoms with van der Waals surface area (Å²) in [5.74, 6) is -0.0564. The summed E-state index contributed by atoms with van der Waals surface area (Å²) < 4.78 is 0. The highest BCUT2D eigenvalue weighted by atomic mass is 35.5. The number of nitrogens with one attached hydrogen (secondary N) is 2. The molecule has 3 aromatic rings. The van der Waals surface area contributed by atoms with E-state index in [1.54, 1.807) is 0 Å². The lowest BCUT2D eigenvalue weighted by molar-refractivity contribution is 0.0949. The van der Waals surface area contributed by atoms with Gasteiger partial charge in [0.15, 0.2) is 0 Å². The molecular weight excluding hydrogens is 406 g/mol. The summed E-state index contributed by atoms with van der Waals surface area (Å²) in [6, 6.07) is 14.5. The minimum absolute atomic E-state index is 0.0564. The Bertz CT molecular complexity index is 988. The summed E-state index contributed by atoms with van der Waals surface area (Å²) in [5, 5.41) is 4.77. The number of fused-ring (bicyclic) bond motifs is 1. The third kappa shape index (κ3) is 5.62. The maximum absolute atomic E-state index is 12.7. The van der Waals surface area contributed by atoms with Gasteiger partial charge in [-0.1, -0.05) is 44.5 Å². The van der Waals surface area contributed by atoms with E-state index in [-0.39, 0.29) is 5.91 Å². The number of anilines is 1. The van der Waals surface area contributed by atoms with Crippen molar-refractivity contribution in [3.05, 3.63) is 64.3 Å². The lowest BCUT2D eigenvalue weighted by Crippen LogP contribution is -2.29. The van der Waals surface area contributed by atoms with Crippen LogP contribution in [0.4, 0.5) is 5.69 Å². The molecule has 0 atom stereocenters. The van der Waals surface area contributed by atoms with E-state index in [2.05, 4.69) is 46.4 Å². The van der Waals surface area contributed by atoms with Crippen molar-refractivity contribution in [3.8, 4) is 0 Å². The van der Waals surface area contributed by atoms with Gasteiger partial charge in [0, 0.05) is 41.2 Å². The van der Waals surface area contributed by atoms with Crippen molar-refractivity contribution in [2.24, 2.45) is 0 Å². The minimum Gasteiger partial charge on any atom is -0.372 e. The monoisotopic (exact) mass is 439 g/mol. The molecule has 4 nitrogen and oxygen atoms in total. The molecule has 2 N–H and O–H groups in total. The minimum atomic E-state index is -0.0564. The highest BCUT2D eigenvalue weighted by molar-refractivity contribution is 6.31. The average molecular weight is 440 g/mol. The number of hydrogen-bond donors (Lipinski definition) is 2. The summed E-state index contributed by atoms with van der Waals surface area (Å²) >= 11 is 6.13. The first-order valence-corrected chi connectivity index (χ1v) is 12.0. The molecule has 0 unspecified atom stereocenters. The lowest BCUT2D eigenvalue weighted by Gasteiger charge is -2.28. The summed E-state index contributed by atoms with van der Waals surface area (Å²) in [6.07, 6.45) is 5.51. The molecule has 1 fully saturated rings. The molecule has 1 amide bonds. The highest BCUT2D eigenvalue weighted by Gasteiger charge is 2.16. The van der Waals surface area contributed by atoms with Crippen LogP contribution in [0.25, 0.3) is 10.9 Å². The van der Waals surface area contributed by atoms with Gasteiger partial charge in [0.25, 0.3) is 5.91 Å². The fraction of sp³-hybridized carbons (Fsp3) is 0.423. The van der Waals surface area contributed by atoms with Crippen molar-refractivity contribution < 1.29 is 4.79 Å². The summed E-state index contributed by atoms with van der Waals surface area (Å²) in [5.41, 5.74) is 5.16. The molecule has 0 bridgehead atoms. The maximum atomic E-state index is 12.7. The van der Waals surface area contributed by atoms with E-state index in [4.69, 9.17) is 11.6 Å². The Balaban J connectivity index is 0.00000132. The van der Waals surface area contributed by atoms with Crippen molar-refractivity contribution in [2.75, 3.05) is 24.5 Å². The fourth-order valence-corrected chi connectivity index (χ4v) is 4.39. The standard InChI is InChI=1S/C24H28ClN3O.C2H6/c1-2-20-21-16-18(25)8-11-22(21)27-23(20)24(29)26-13-12-17-6-9-19(10-7-17)28-14-4-3-5-15-28;1-2/h6-11,16,27H,2-5,12-15H2,1H3,(H,26,29);1-2H3. The number of H-pyrrole nitrogens is 1. The number of aromatic nitrogens is 1. The zero-order valence-electron chi connectivity index (χ0n) is 18.9. The Labute approximate surface area is 191 Å². The van der Waals surface area contributed by atoms with E-state index in [9.17, 15) is 4.79 Å². The molecule has 0 radical (unpaired) electrons. The first kappa shape index (κ1) is 23.2. The van der Waals surface area contributed by atoms with Gasteiger partial charge >= 0.3 is 0 Å². The molecule has 2 aromatic carbocycles. The number of rotatable bonds is 6. The number of piperidine rings is 1. The highest BCUT2D eigenvalue weighted by Crippen LogP contribution is 2.26. The van der Waals surface area contributed by atoms with Crippen LogP contribution < -0.4 is 10.2 Å². The van der Waals surface area contributed by atoms with Gasteiger partial charge in [0.2, 0.25) is 0 Å². The molecule has 31 heavy (non-hydrogen) atoms. The van der Waals surface area contributed by atoms with Crippen LogP contribution in [0, 0.1) is 0 Å². The fourth-order valence-electron chi connectivity index (χ4n) is 4.22. The van der Waals surface area contributed by atoms with E-state index in [0.29, 0.717) is 17.3 Å². The Morgan fingerprint density at radius 1 is 1.06 bits per heavy atom.